The van der Waals surface area contributed by atoms with Crippen LogP contribution in [0.2, 0.25) is 0 Å². The topological polar surface area (TPSA) is 99.2 Å². The quantitative estimate of drug-likeness (QED) is 0.864. The fourth-order valence-electron chi connectivity index (χ4n) is 2.87. The van der Waals surface area contributed by atoms with Gasteiger partial charge >= 0.3 is 12.1 Å². The van der Waals surface area contributed by atoms with Crippen LogP contribution >= 0.6 is 0 Å². The standard InChI is InChI=1S/C14H13F3N4O3/c1-6-8-2-7(3-18-11(8)20-19-6)12(22)21-4-9(13(23)24)10(5-21)14(15,16)17/h2-3,9-10H,4-5H2,1H3,(H,23,24)(H,18,19,20)/t9-,10-/m0/s1. The van der Waals surface area contributed by atoms with E-state index in [2.05, 4.69) is 15.2 Å². The van der Waals surface area contributed by atoms with E-state index >= 15 is 0 Å². The number of H-pyrrole nitrogens is 1. The molecule has 1 amide bonds. The number of carboxylic acid groups (broad SMARTS) is 1. The first-order chi connectivity index (χ1) is 11.2. The number of nitrogens with zero attached hydrogens (tertiary/aromatic N) is 3. The molecule has 2 atom stereocenters. The molecule has 0 saturated carbocycles. The minimum Gasteiger partial charge on any atom is -0.481 e. The molecular formula is C14H13F3N4O3. The number of likely N-dealkylation sites (tertiary alicyclic amines) is 1. The average Bonchev–Trinajstić information content (AvgIpc) is 3.11. The minimum absolute atomic E-state index is 0.0963. The second kappa shape index (κ2) is 5.46. The number of carbonyl (C=O) groups excluding carboxylic acids is 1. The predicted molar refractivity (Wildman–Crippen MR) is 75.2 cm³/mol. The van der Waals surface area contributed by atoms with Crippen LogP contribution in [0.5, 0.6) is 0 Å². The summed E-state index contributed by atoms with van der Waals surface area (Å²) < 4.78 is 39.0. The van der Waals surface area contributed by atoms with Gasteiger partial charge in [0.1, 0.15) is 0 Å². The number of pyridine rings is 1. The lowest BCUT2D eigenvalue weighted by molar-refractivity contribution is -0.187. The molecule has 0 spiro atoms. The van der Waals surface area contributed by atoms with Gasteiger partial charge in [-0.25, -0.2) is 4.98 Å². The summed E-state index contributed by atoms with van der Waals surface area (Å²) in [5, 5.41) is 16.2. The number of aromatic nitrogens is 3. The van der Waals surface area contributed by atoms with Gasteiger partial charge in [0, 0.05) is 30.4 Å². The van der Waals surface area contributed by atoms with Crippen molar-refractivity contribution in [2.75, 3.05) is 13.1 Å². The van der Waals surface area contributed by atoms with Crippen LogP contribution in [0.15, 0.2) is 12.3 Å². The Morgan fingerprint density at radius 2 is 2.08 bits per heavy atom. The number of rotatable bonds is 2. The van der Waals surface area contributed by atoms with Gasteiger partial charge in [-0.3, -0.25) is 14.7 Å². The number of aromatic amines is 1. The second-order valence-corrected chi connectivity index (χ2v) is 5.75. The number of amides is 1. The van der Waals surface area contributed by atoms with Crippen LogP contribution < -0.4 is 0 Å². The zero-order valence-electron chi connectivity index (χ0n) is 12.5. The van der Waals surface area contributed by atoms with E-state index in [1.54, 1.807) is 6.92 Å². The van der Waals surface area contributed by atoms with Gasteiger partial charge in [-0.2, -0.15) is 18.3 Å². The number of carbonyl (C=O) groups is 2. The Morgan fingerprint density at radius 3 is 2.67 bits per heavy atom. The van der Waals surface area contributed by atoms with Gasteiger partial charge < -0.3 is 10.0 Å². The number of carboxylic acids is 1. The summed E-state index contributed by atoms with van der Waals surface area (Å²) in [6.07, 6.45) is -3.46. The SMILES string of the molecule is Cc1[nH]nc2ncc(C(=O)N3C[C@H](C(=O)O)[C@@H](C(F)(F)F)C3)cc12. The van der Waals surface area contributed by atoms with Crippen LogP contribution in [-0.2, 0) is 4.79 Å². The zero-order chi connectivity index (χ0) is 17.6. The fourth-order valence-corrected chi connectivity index (χ4v) is 2.87. The smallest absolute Gasteiger partial charge is 0.394 e. The van der Waals surface area contributed by atoms with E-state index in [4.69, 9.17) is 5.11 Å². The first-order valence-corrected chi connectivity index (χ1v) is 7.08. The Bertz CT molecular complexity index is 817. The summed E-state index contributed by atoms with van der Waals surface area (Å²) in [7, 11) is 0. The van der Waals surface area contributed by atoms with Gasteiger partial charge in [-0.1, -0.05) is 0 Å². The molecule has 2 aromatic rings. The highest BCUT2D eigenvalue weighted by Crippen LogP contribution is 2.38. The van der Waals surface area contributed by atoms with Crippen LogP contribution in [0, 0.1) is 18.8 Å². The molecular weight excluding hydrogens is 329 g/mol. The van der Waals surface area contributed by atoms with Crippen molar-refractivity contribution in [3.63, 3.8) is 0 Å². The Balaban J connectivity index is 1.89. The Morgan fingerprint density at radius 1 is 1.38 bits per heavy atom. The number of hydrogen-bond acceptors (Lipinski definition) is 4. The molecule has 0 aliphatic carbocycles. The molecule has 7 nitrogen and oxygen atoms in total. The highest BCUT2D eigenvalue weighted by atomic mass is 19.4. The number of aliphatic carboxylic acids is 1. The summed E-state index contributed by atoms with van der Waals surface area (Å²) in [5.41, 5.74) is 1.16. The minimum atomic E-state index is -4.68. The van der Waals surface area contributed by atoms with Gasteiger partial charge in [0.25, 0.3) is 5.91 Å². The average molecular weight is 342 g/mol. The molecule has 128 valence electrons. The van der Waals surface area contributed by atoms with E-state index in [0.717, 1.165) is 4.90 Å². The highest BCUT2D eigenvalue weighted by molar-refractivity contribution is 5.97. The number of alkyl halides is 3. The van der Waals surface area contributed by atoms with Crippen molar-refractivity contribution in [2.45, 2.75) is 13.1 Å². The third kappa shape index (κ3) is 2.68. The number of fused-ring (bicyclic) bond motifs is 1. The lowest BCUT2D eigenvalue weighted by Gasteiger charge is -2.18. The van der Waals surface area contributed by atoms with Crippen molar-refractivity contribution in [3.8, 4) is 0 Å². The largest absolute Gasteiger partial charge is 0.481 e. The lowest BCUT2D eigenvalue weighted by Crippen LogP contribution is -2.34. The molecule has 0 bridgehead atoms. The molecule has 24 heavy (non-hydrogen) atoms. The number of hydrogen-bond donors (Lipinski definition) is 2. The second-order valence-electron chi connectivity index (χ2n) is 5.75. The molecule has 3 rings (SSSR count). The number of halogens is 3. The summed E-state index contributed by atoms with van der Waals surface area (Å²) in [6, 6.07) is 1.49. The maximum atomic E-state index is 13.0. The molecule has 1 saturated heterocycles. The normalized spacial score (nSPS) is 21.4. The van der Waals surface area contributed by atoms with Crippen molar-refractivity contribution in [1.82, 2.24) is 20.1 Å². The van der Waals surface area contributed by atoms with Crippen molar-refractivity contribution in [1.29, 1.82) is 0 Å². The summed E-state index contributed by atoms with van der Waals surface area (Å²) in [6.45, 7) is 0.559. The van der Waals surface area contributed by atoms with E-state index in [9.17, 15) is 22.8 Å². The van der Waals surface area contributed by atoms with E-state index < -0.39 is 43.0 Å². The van der Waals surface area contributed by atoms with Crippen molar-refractivity contribution >= 4 is 22.9 Å². The van der Waals surface area contributed by atoms with Crippen LogP contribution in [0.25, 0.3) is 11.0 Å². The first-order valence-electron chi connectivity index (χ1n) is 7.08. The van der Waals surface area contributed by atoms with Gasteiger partial charge in [0.05, 0.1) is 17.4 Å². The van der Waals surface area contributed by atoms with Crippen LogP contribution in [0.3, 0.4) is 0 Å². The molecule has 0 unspecified atom stereocenters. The van der Waals surface area contributed by atoms with Crippen LogP contribution in [-0.4, -0.2) is 56.3 Å². The fraction of sp³-hybridized carbons (Fsp3) is 0.429. The predicted octanol–water partition coefficient (Wildman–Crippen LogP) is 1.60. The Labute approximate surface area is 133 Å². The maximum Gasteiger partial charge on any atom is 0.394 e. The molecule has 1 aliphatic rings. The van der Waals surface area contributed by atoms with Crippen LogP contribution in [0.1, 0.15) is 16.1 Å². The van der Waals surface area contributed by atoms with Gasteiger partial charge in [0.15, 0.2) is 5.65 Å². The number of nitrogens with one attached hydrogen (secondary N) is 1. The highest BCUT2D eigenvalue weighted by Gasteiger charge is 2.53. The molecule has 10 heteroatoms. The zero-order valence-corrected chi connectivity index (χ0v) is 12.5. The number of aryl methyl sites for hydroxylation is 1. The third-order valence-electron chi connectivity index (χ3n) is 4.19. The summed E-state index contributed by atoms with van der Waals surface area (Å²) in [5.74, 6) is -5.98. The van der Waals surface area contributed by atoms with Crippen molar-refractivity contribution in [2.24, 2.45) is 11.8 Å². The molecule has 3 heterocycles. The summed E-state index contributed by atoms with van der Waals surface area (Å²) in [4.78, 5) is 28.4. The van der Waals surface area contributed by atoms with Crippen molar-refractivity contribution < 1.29 is 27.9 Å². The first kappa shape index (κ1) is 16.2. The van der Waals surface area contributed by atoms with E-state index in [-0.39, 0.29) is 5.56 Å². The molecule has 0 aromatic carbocycles. The van der Waals surface area contributed by atoms with E-state index in [1.165, 1.54) is 12.3 Å². The Kier molecular flexibility index (Phi) is 3.69. The Hall–Kier alpha value is -2.65. The van der Waals surface area contributed by atoms with E-state index in [0.29, 0.717) is 16.7 Å². The molecule has 2 aromatic heterocycles. The maximum absolute atomic E-state index is 13.0. The third-order valence-corrected chi connectivity index (χ3v) is 4.19. The van der Waals surface area contributed by atoms with Crippen LogP contribution in [0.4, 0.5) is 13.2 Å². The van der Waals surface area contributed by atoms with E-state index in [1.807, 2.05) is 0 Å². The van der Waals surface area contributed by atoms with Gasteiger partial charge in [-0.15, -0.1) is 0 Å². The summed E-state index contributed by atoms with van der Waals surface area (Å²) >= 11 is 0. The molecule has 1 fully saturated rings. The van der Waals surface area contributed by atoms with Crippen molar-refractivity contribution in [3.05, 3.63) is 23.5 Å². The van der Waals surface area contributed by atoms with Gasteiger partial charge in [-0.05, 0) is 13.0 Å². The monoisotopic (exact) mass is 342 g/mol. The van der Waals surface area contributed by atoms with Gasteiger partial charge in [0.2, 0.25) is 0 Å². The lowest BCUT2D eigenvalue weighted by atomic mass is 9.96. The molecule has 2 N–H and O–H groups in total. The molecule has 1 aliphatic heterocycles. The molecule has 0 radical (unpaired) electrons.